The molecule has 8 nitrogen and oxygen atoms in total. The maximum absolute atomic E-state index is 12.9. The fourth-order valence-corrected chi connectivity index (χ4v) is 4.41. The molecule has 32 heavy (non-hydrogen) atoms. The first-order valence-electron chi connectivity index (χ1n) is 11.4. The number of esters is 1. The fourth-order valence-electron chi connectivity index (χ4n) is 4.41. The number of nitrogens with zero attached hydrogens (tertiary/aromatic N) is 3. The van der Waals surface area contributed by atoms with E-state index in [9.17, 15) is 19.2 Å². The van der Waals surface area contributed by atoms with E-state index in [4.69, 9.17) is 4.74 Å². The van der Waals surface area contributed by atoms with Gasteiger partial charge in [0.25, 0.3) is 0 Å². The number of likely N-dealkylation sites (N-methyl/N-ethyl adjacent to an activating group) is 1. The first kappa shape index (κ1) is 23.8. The summed E-state index contributed by atoms with van der Waals surface area (Å²) in [6.45, 7) is 3.91. The molecule has 2 heterocycles. The Morgan fingerprint density at radius 3 is 2.59 bits per heavy atom. The molecule has 2 saturated heterocycles. The molecule has 0 saturated carbocycles. The Bertz CT molecular complexity index is 828. The normalized spacial score (nSPS) is 20.9. The Balaban J connectivity index is 1.48. The molecule has 2 aliphatic heterocycles. The van der Waals surface area contributed by atoms with Gasteiger partial charge in [0.2, 0.25) is 17.7 Å². The van der Waals surface area contributed by atoms with Gasteiger partial charge in [-0.2, -0.15) is 0 Å². The number of ether oxygens (including phenoxy) is 1. The first-order chi connectivity index (χ1) is 15.4. The summed E-state index contributed by atoms with van der Waals surface area (Å²) in [6, 6.07) is 9.94. The van der Waals surface area contributed by atoms with Gasteiger partial charge in [0, 0.05) is 39.6 Å². The summed E-state index contributed by atoms with van der Waals surface area (Å²) in [7, 11) is 1.60. The van der Waals surface area contributed by atoms with Crippen LogP contribution < -0.4 is 0 Å². The molecule has 8 heteroatoms. The van der Waals surface area contributed by atoms with Gasteiger partial charge in [-0.15, -0.1) is 0 Å². The van der Waals surface area contributed by atoms with Crippen molar-refractivity contribution < 1.29 is 23.9 Å². The maximum Gasteiger partial charge on any atom is 0.310 e. The minimum absolute atomic E-state index is 0.0210. The predicted molar refractivity (Wildman–Crippen MR) is 118 cm³/mol. The van der Waals surface area contributed by atoms with Crippen LogP contribution in [-0.4, -0.2) is 84.8 Å². The number of likely N-dealkylation sites (tertiary alicyclic amines) is 2. The van der Waals surface area contributed by atoms with E-state index in [-0.39, 0.29) is 42.6 Å². The van der Waals surface area contributed by atoms with Crippen LogP contribution in [-0.2, 0) is 30.3 Å². The topological polar surface area (TPSA) is 87.2 Å². The highest BCUT2D eigenvalue weighted by atomic mass is 16.5. The van der Waals surface area contributed by atoms with Crippen molar-refractivity contribution in [1.82, 2.24) is 14.7 Å². The van der Waals surface area contributed by atoms with Crippen molar-refractivity contribution >= 4 is 23.7 Å². The Hall–Kier alpha value is -2.90. The highest BCUT2D eigenvalue weighted by Gasteiger charge is 2.36. The van der Waals surface area contributed by atoms with Crippen molar-refractivity contribution in [3.8, 4) is 0 Å². The fraction of sp³-hybridized carbons (Fsp3) is 0.583. The molecule has 2 unspecified atom stereocenters. The van der Waals surface area contributed by atoms with Crippen molar-refractivity contribution in [2.45, 2.75) is 32.6 Å². The van der Waals surface area contributed by atoms with Crippen LogP contribution in [0.1, 0.15) is 31.7 Å². The largest absolute Gasteiger partial charge is 0.466 e. The molecular weight excluding hydrogens is 410 g/mol. The van der Waals surface area contributed by atoms with Crippen LogP contribution in [0.2, 0.25) is 0 Å². The number of rotatable bonds is 8. The third-order valence-electron chi connectivity index (χ3n) is 6.22. The molecular formula is C24H33N3O5. The third kappa shape index (κ3) is 6.08. The second-order valence-corrected chi connectivity index (χ2v) is 8.60. The van der Waals surface area contributed by atoms with Crippen LogP contribution >= 0.6 is 0 Å². The van der Waals surface area contributed by atoms with Gasteiger partial charge in [-0.25, -0.2) is 0 Å². The molecule has 1 aromatic carbocycles. The van der Waals surface area contributed by atoms with Crippen molar-refractivity contribution in [2.75, 3.05) is 46.4 Å². The summed E-state index contributed by atoms with van der Waals surface area (Å²) in [6.07, 6.45) is 2.37. The molecule has 3 amide bonds. The summed E-state index contributed by atoms with van der Waals surface area (Å²) in [4.78, 5) is 54.8. The van der Waals surface area contributed by atoms with Crippen LogP contribution in [0.3, 0.4) is 0 Å². The number of benzene rings is 1. The van der Waals surface area contributed by atoms with E-state index in [1.165, 1.54) is 4.90 Å². The average Bonchev–Trinajstić information content (AvgIpc) is 3.18. The highest BCUT2D eigenvalue weighted by molar-refractivity contribution is 5.91. The molecule has 0 N–H and O–H groups in total. The summed E-state index contributed by atoms with van der Waals surface area (Å²) in [5.41, 5.74) is 1.15. The molecule has 0 spiro atoms. The Kier molecular flexibility index (Phi) is 8.25. The van der Waals surface area contributed by atoms with Crippen molar-refractivity contribution in [3.63, 3.8) is 0 Å². The van der Waals surface area contributed by atoms with Gasteiger partial charge in [-0.3, -0.25) is 19.2 Å². The molecule has 0 radical (unpaired) electrons. The van der Waals surface area contributed by atoms with Gasteiger partial charge in [0.05, 0.1) is 25.0 Å². The summed E-state index contributed by atoms with van der Waals surface area (Å²) in [5, 5.41) is 0. The van der Waals surface area contributed by atoms with Crippen molar-refractivity contribution in [3.05, 3.63) is 35.9 Å². The van der Waals surface area contributed by atoms with Gasteiger partial charge in [-0.05, 0) is 31.7 Å². The molecule has 3 rings (SSSR count). The molecule has 0 bridgehead atoms. The highest BCUT2D eigenvalue weighted by Crippen LogP contribution is 2.21. The Morgan fingerprint density at radius 1 is 1.12 bits per heavy atom. The SMILES string of the molecule is CCOC(=O)C1CCCN(C(=O)CN(C)C(=O)C2CC(=O)N(CCc3ccccc3)C2)C1. The lowest BCUT2D eigenvalue weighted by molar-refractivity contribution is -0.152. The van der Waals surface area contributed by atoms with Crippen LogP contribution in [0.15, 0.2) is 30.3 Å². The molecule has 2 fully saturated rings. The monoisotopic (exact) mass is 443 g/mol. The lowest BCUT2D eigenvalue weighted by Gasteiger charge is -2.33. The van der Waals surface area contributed by atoms with Crippen LogP contribution in [0.25, 0.3) is 0 Å². The minimum Gasteiger partial charge on any atom is -0.466 e. The lowest BCUT2D eigenvalue weighted by Crippen LogP contribution is -2.48. The number of hydrogen-bond donors (Lipinski definition) is 0. The second kappa shape index (κ2) is 11.1. The molecule has 0 aromatic heterocycles. The molecule has 1 aromatic rings. The summed E-state index contributed by atoms with van der Waals surface area (Å²) >= 11 is 0. The standard InChI is InChI=1S/C24H33N3O5/c1-3-32-24(31)19-10-7-12-26(15-19)22(29)17-25(2)23(30)20-14-21(28)27(16-20)13-11-18-8-5-4-6-9-18/h4-6,8-9,19-20H,3,7,10-17H2,1-2H3. The van der Waals surface area contributed by atoms with Gasteiger partial charge in [0.15, 0.2) is 0 Å². The van der Waals surface area contributed by atoms with Gasteiger partial charge < -0.3 is 19.4 Å². The zero-order valence-corrected chi connectivity index (χ0v) is 19.0. The van der Waals surface area contributed by atoms with E-state index < -0.39 is 5.92 Å². The van der Waals surface area contributed by atoms with Crippen LogP contribution in [0, 0.1) is 11.8 Å². The van der Waals surface area contributed by atoms with E-state index in [0.717, 1.165) is 18.4 Å². The zero-order valence-electron chi connectivity index (χ0n) is 19.0. The van der Waals surface area contributed by atoms with Gasteiger partial charge >= 0.3 is 5.97 Å². The van der Waals surface area contributed by atoms with Crippen LogP contribution in [0.4, 0.5) is 0 Å². The summed E-state index contributed by atoms with van der Waals surface area (Å²) < 4.78 is 5.09. The van der Waals surface area contributed by atoms with E-state index in [1.54, 1.807) is 23.8 Å². The van der Waals surface area contributed by atoms with Crippen molar-refractivity contribution in [1.29, 1.82) is 0 Å². The predicted octanol–water partition coefficient (Wildman–Crippen LogP) is 1.34. The molecule has 2 aliphatic rings. The molecule has 0 aliphatic carbocycles. The Labute approximate surface area is 189 Å². The number of carbonyl (C=O) groups is 4. The maximum atomic E-state index is 12.9. The number of carbonyl (C=O) groups excluding carboxylic acids is 4. The summed E-state index contributed by atoms with van der Waals surface area (Å²) in [5.74, 6) is -1.39. The number of piperidine rings is 1. The second-order valence-electron chi connectivity index (χ2n) is 8.60. The number of amides is 3. The minimum atomic E-state index is -0.426. The van der Waals surface area contributed by atoms with E-state index in [1.807, 2.05) is 30.3 Å². The average molecular weight is 444 g/mol. The van der Waals surface area contributed by atoms with Gasteiger partial charge in [-0.1, -0.05) is 30.3 Å². The third-order valence-corrected chi connectivity index (χ3v) is 6.22. The van der Waals surface area contributed by atoms with Crippen LogP contribution in [0.5, 0.6) is 0 Å². The van der Waals surface area contributed by atoms with E-state index in [0.29, 0.717) is 39.2 Å². The first-order valence-corrected chi connectivity index (χ1v) is 11.4. The van der Waals surface area contributed by atoms with Crippen molar-refractivity contribution in [2.24, 2.45) is 11.8 Å². The zero-order chi connectivity index (χ0) is 23.1. The number of hydrogen-bond acceptors (Lipinski definition) is 5. The van der Waals surface area contributed by atoms with E-state index in [2.05, 4.69) is 0 Å². The van der Waals surface area contributed by atoms with E-state index >= 15 is 0 Å². The molecule has 2 atom stereocenters. The smallest absolute Gasteiger partial charge is 0.310 e. The molecule has 174 valence electrons. The quantitative estimate of drug-likeness (QED) is 0.566. The Morgan fingerprint density at radius 2 is 1.88 bits per heavy atom. The van der Waals surface area contributed by atoms with Gasteiger partial charge in [0.1, 0.15) is 0 Å². The lowest BCUT2D eigenvalue weighted by atomic mass is 9.98.